The smallest absolute Gasteiger partial charge is 0.242 e. The predicted molar refractivity (Wildman–Crippen MR) is 84.9 cm³/mol. The fourth-order valence-corrected chi connectivity index (χ4v) is 2.16. The van der Waals surface area contributed by atoms with Gasteiger partial charge in [0, 0.05) is 18.3 Å². The highest BCUT2D eigenvalue weighted by Crippen LogP contribution is 2.19. The second-order valence-electron chi connectivity index (χ2n) is 5.51. The molecule has 1 unspecified atom stereocenters. The summed E-state index contributed by atoms with van der Waals surface area (Å²) in [7, 11) is 0. The van der Waals surface area contributed by atoms with Crippen molar-refractivity contribution in [2.24, 2.45) is 5.73 Å². The van der Waals surface area contributed by atoms with Crippen LogP contribution < -0.4 is 16.0 Å². The van der Waals surface area contributed by atoms with Crippen molar-refractivity contribution in [3.63, 3.8) is 0 Å². The van der Waals surface area contributed by atoms with E-state index in [1.165, 1.54) is 5.56 Å². The van der Waals surface area contributed by atoms with E-state index in [1.807, 2.05) is 32.9 Å². The number of anilines is 1. The van der Waals surface area contributed by atoms with Gasteiger partial charge in [-0.1, -0.05) is 12.1 Å². The average Bonchev–Trinajstić information content (AvgIpc) is 2.38. The lowest BCUT2D eigenvalue weighted by Gasteiger charge is -2.31. The third-order valence-electron chi connectivity index (χ3n) is 3.21. The molecule has 1 aromatic carbocycles. The molecule has 1 rings (SSSR count). The first kappa shape index (κ1) is 16.5. The summed E-state index contributed by atoms with van der Waals surface area (Å²) in [6.45, 7) is 9.36. The normalized spacial score (nSPS) is 12.3. The van der Waals surface area contributed by atoms with Crippen molar-refractivity contribution in [2.75, 3.05) is 18.0 Å². The number of nitrogens with zero attached hydrogens (tertiary/aromatic N) is 1. The molecule has 112 valence electrons. The summed E-state index contributed by atoms with van der Waals surface area (Å²) in [4.78, 5) is 14.4. The van der Waals surface area contributed by atoms with Gasteiger partial charge in [0.25, 0.3) is 0 Å². The van der Waals surface area contributed by atoms with Crippen LogP contribution in [0, 0.1) is 6.92 Å². The van der Waals surface area contributed by atoms with Gasteiger partial charge in [-0.15, -0.1) is 0 Å². The Hall–Kier alpha value is -1.55. The van der Waals surface area contributed by atoms with Crippen LogP contribution in [0.5, 0.6) is 0 Å². The topological polar surface area (TPSA) is 58.4 Å². The fourth-order valence-electron chi connectivity index (χ4n) is 2.16. The van der Waals surface area contributed by atoms with Crippen molar-refractivity contribution in [1.29, 1.82) is 0 Å². The zero-order valence-electron chi connectivity index (χ0n) is 13.0. The zero-order valence-corrected chi connectivity index (χ0v) is 13.0. The van der Waals surface area contributed by atoms with Crippen LogP contribution in [0.25, 0.3) is 0 Å². The zero-order chi connectivity index (χ0) is 15.1. The van der Waals surface area contributed by atoms with Gasteiger partial charge < -0.3 is 16.0 Å². The van der Waals surface area contributed by atoms with Crippen molar-refractivity contribution in [1.82, 2.24) is 5.32 Å². The Bertz CT molecular complexity index is 431. The lowest BCUT2D eigenvalue weighted by Crippen LogP contribution is -2.48. The van der Waals surface area contributed by atoms with Crippen LogP contribution >= 0.6 is 0 Å². The van der Waals surface area contributed by atoms with Crippen molar-refractivity contribution in [3.05, 3.63) is 29.8 Å². The average molecular weight is 277 g/mol. The number of amides is 1. The van der Waals surface area contributed by atoms with Crippen molar-refractivity contribution in [2.45, 2.75) is 46.2 Å². The summed E-state index contributed by atoms with van der Waals surface area (Å²) in [5.41, 5.74) is 7.88. The third kappa shape index (κ3) is 4.85. The maximum Gasteiger partial charge on any atom is 0.242 e. The summed E-state index contributed by atoms with van der Waals surface area (Å²) in [5.74, 6) is 0.0542. The molecule has 4 heteroatoms. The standard InChI is InChI=1S/C16H27N3O/c1-12(2)18-16(20)14(4)19(10-6-9-17)15-8-5-7-13(3)11-15/h5,7-8,11-12,14H,6,9-10,17H2,1-4H3,(H,18,20). The highest BCUT2D eigenvalue weighted by molar-refractivity contribution is 5.85. The minimum absolute atomic E-state index is 0.0542. The molecule has 0 fully saturated rings. The Morgan fingerprint density at radius 1 is 1.35 bits per heavy atom. The van der Waals surface area contributed by atoms with Gasteiger partial charge in [0.15, 0.2) is 0 Å². The lowest BCUT2D eigenvalue weighted by atomic mass is 10.1. The molecule has 0 bridgehead atoms. The summed E-state index contributed by atoms with van der Waals surface area (Å²) in [5, 5.41) is 2.97. The van der Waals surface area contributed by atoms with Crippen LogP contribution in [0.2, 0.25) is 0 Å². The number of hydrogen-bond donors (Lipinski definition) is 2. The summed E-state index contributed by atoms with van der Waals surface area (Å²) in [6, 6.07) is 8.18. The molecule has 0 heterocycles. The Morgan fingerprint density at radius 3 is 2.60 bits per heavy atom. The van der Waals surface area contributed by atoms with E-state index in [0.717, 1.165) is 18.7 Å². The van der Waals surface area contributed by atoms with Crippen LogP contribution in [0.15, 0.2) is 24.3 Å². The number of carbonyl (C=O) groups excluding carboxylic acids is 1. The van der Waals surface area contributed by atoms with Crippen LogP contribution in [-0.2, 0) is 4.79 Å². The number of aryl methyl sites for hydroxylation is 1. The first-order valence-electron chi connectivity index (χ1n) is 7.29. The Balaban J connectivity index is 2.90. The second-order valence-corrected chi connectivity index (χ2v) is 5.51. The molecule has 4 nitrogen and oxygen atoms in total. The molecule has 0 spiro atoms. The molecule has 0 aliphatic carbocycles. The van der Waals surface area contributed by atoms with E-state index >= 15 is 0 Å². The van der Waals surface area contributed by atoms with Crippen LogP contribution in [-0.4, -0.2) is 31.1 Å². The van der Waals surface area contributed by atoms with E-state index in [9.17, 15) is 4.79 Å². The van der Waals surface area contributed by atoms with Gasteiger partial charge in [-0.2, -0.15) is 0 Å². The van der Waals surface area contributed by atoms with Gasteiger partial charge in [-0.25, -0.2) is 0 Å². The third-order valence-corrected chi connectivity index (χ3v) is 3.21. The predicted octanol–water partition coefficient (Wildman–Crippen LogP) is 2.06. The van der Waals surface area contributed by atoms with Crippen molar-refractivity contribution < 1.29 is 4.79 Å². The van der Waals surface area contributed by atoms with E-state index in [4.69, 9.17) is 5.73 Å². The van der Waals surface area contributed by atoms with Gasteiger partial charge in [0.05, 0.1) is 0 Å². The van der Waals surface area contributed by atoms with Gasteiger partial charge in [-0.3, -0.25) is 4.79 Å². The Morgan fingerprint density at radius 2 is 2.05 bits per heavy atom. The van der Waals surface area contributed by atoms with Crippen molar-refractivity contribution in [3.8, 4) is 0 Å². The van der Waals surface area contributed by atoms with Gasteiger partial charge in [0.1, 0.15) is 6.04 Å². The summed E-state index contributed by atoms with van der Waals surface area (Å²) < 4.78 is 0. The molecule has 0 radical (unpaired) electrons. The van der Waals surface area contributed by atoms with Crippen LogP contribution in [0.3, 0.4) is 0 Å². The molecule has 1 aromatic rings. The fraction of sp³-hybridized carbons (Fsp3) is 0.562. The summed E-state index contributed by atoms with van der Waals surface area (Å²) in [6.07, 6.45) is 0.868. The Kier molecular flexibility index (Phi) is 6.52. The largest absolute Gasteiger partial charge is 0.360 e. The number of benzene rings is 1. The number of rotatable bonds is 7. The van der Waals surface area contributed by atoms with E-state index in [0.29, 0.717) is 6.54 Å². The minimum atomic E-state index is -0.203. The van der Waals surface area contributed by atoms with E-state index in [1.54, 1.807) is 0 Å². The monoisotopic (exact) mass is 277 g/mol. The molecule has 3 N–H and O–H groups in total. The molecule has 1 atom stereocenters. The molecule has 20 heavy (non-hydrogen) atoms. The van der Waals surface area contributed by atoms with E-state index < -0.39 is 0 Å². The number of nitrogens with one attached hydrogen (secondary N) is 1. The van der Waals surface area contributed by atoms with Gasteiger partial charge in [-0.05, 0) is 58.4 Å². The molecule has 0 saturated heterocycles. The number of hydrogen-bond acceptors (Lipinski definition) is 3. The second kappa shape index (κ2) is 7.90. The number of nitrogens with two attached hydrogens (primary N) is 1. The quantitative estimate of drug-likeness (QED) is 0.802. The molecular weight excluding hydrogens is 250 g/mol. The molecule has 0 aliphatic heterocycles. The highest BCUT2D eigenvalue weighted by Gasteiger charge is 2.21. The summed E-state index contributed by atoms with van der Waals surface area (Å²) >= 11 is 0. The van der Waals surface area contributed by atoms with E-state index in [-0.39, 0.29) is 18.0 Å². The molecule has 0 saturated carbocycles. The molecule has 0 aromatic heterocycles. The first-order valence-corrected chi connectivity index (χ1v) is 7.29. The van der Waals surface area contributed by atoms with Crippen LogP contribution in [0.4, 0.5) is 5.69 Å². The minimum Gasteiger partial charge on any atom is -0.360 e. The SMILES string of the molecule is Cc1cccc(N(CCCN)C(C)C(=O)NC(C)C)c1. The maximum absolute atomic E-state index is 12.2. The van der Waals surface area contributed by atoms with Gasteiger partial charge in [0.2, 0.25) is 5.91 Å². The maximum atomic E-state index is 12.2. The lowest BCUT2D eigenvalue weighted by molar-refractivity contribution is -0.122. The van der Waals surface area contributed by atoms with Gasteiger partial charge >= 0.3 is 0 Å². The number of carbonyl (C=O) groups is 1. The van der Waals surface area contributed by atoms with E-state index in [2.05, 4.69) is 29.3 Å². The first-order chi connectivity index (χ1) is 9.45. The molecule has 0 aliphatic rings. The highest BCUT2D eigenvalue weighted by atomic mass is 16.2. The van der Waals surface area contributed by atoms with Crippen LogP contribution in [0.1, 0.15) is 32.8 Å². The molecule has 1 amide bonds. The van der Waals surface area contributed by atoms with Crippen molar-refractivity contribution >= 4 is 11.6 Å². The Labute approximate surface area is 122 Å². The molecular formula is C16H27N3O.